The Morgan fingerprint density at radius 3 is 1.75 bits per heavy atom. The molecule has 13 heteroatoms. The van der Waals surface area contributed by atoms with Gasteiger partial charge in [0, 0.05) is 25.4 Å². The molecule has 0 fully saturated rings. The molecule has 284 valence electrons. The van der Waals surface area contributed by atoms with Crippen LogP contribution in [0.5, 0.6) is 11.5 Å². The molecule has 0 unspecified atom stereocenters. The number of nitrogens with one attached hydrogen (secondary N) is 2. The van der Waals surface area contributed by atoms with Gasteiger partial charge in [-0.1, -0.05) is 69.9 Å². The lowest BCUT2D eigenvalue weighted by Gasteiger charge is -2.19. The SMILES string of the molecule is COC(=O)CCNC(=O)c1cnc(NS(=O)(=O)c2ccc(Oc3ccc(CCCCCCCCCCCCCC(=O)OC(C)(C)C)cc3)cc2)nc1. The van der Waals surface area contributed by atoms with E-state index in [0.717, 1.165) is 25.7 Å². The molecular weight excluding hydrogens is 685 g/mol. The highest BCUT2D eigenvalue weighted by molar-refractivity contribution is 7.92. The van der Waals surface area contributed by atoms with E-state index in [1.165, 1.54) is 88.6 Å². The number of methoxy groups -OCH3 is 1. The van der Waals surface area contributed by atoms with E-state index in [2.05, 4.69) is 36.9 Å². The Hall–Kier alpha value is -4.52. The molecule has 0 spiro atoms. The van der Waals surface area contributed by atoms with Gasteiger partial charge in [-0.15, -0.1) is 0 Å². The third-order valence-electron chi connectivity index (χ3n) is 8.04. The summed E-state index contributed by atoms with van der Waals surface area (Å²) < 4.78 is 43.8. The summed E-state index contributed by atoms with van der Waals surface area (Å²) in [6, 6.07) is 13.9. The maximum absolute atomic E-state index is 12.9. The number of anilines is 1. The number of carbonyl (C=O) groups excluding carboxylic acids is 3. The number of unbranched alkanes of at least 4 members (excludes halogenated alkanes) is 10. The maximum atomic E-state index is 12.9. The Bertz CT molecular complexity index is 1640. The smallest absolute Gasteiger partial charge is 0.307 e. The molecule has 52 heavy (non-hydrogen) atoms. The Labute approximate surface area is 308 Å². The van der Waals surface area contributed by atoms with E-state index in [1.54, 1.807) is 12.1 Å². The van der Waals surface area contributed by atoms with Gasteiger partial charge < -0.3 is 19.5 Å². The van der Waals surface area contributed by atoms with Gasteiger partial charge in [0.2, 0.25) is 5.95 Å². The van der Waals surface area contributed by atoms with Gasteiger partial charge in [0.05, 0.1) is 24.0 Å². The normalized spacial score (nSPS) is 11.5. The summed E-state index contributed by atoms with van der Waals surface area (Å²) in [7, 11) is -2.73. The molecule has 0 aliphatic rings. The van der Waals surface area contributed by atoms with Crippen molar-refractivity contribution in [3.05, 3.63) is 72.1 Å². The first kappa shape index (κ1) is 41.9. The van der Waals surface area contributed by atoms with Crippen LogP contribution in [-0.2, 0) is 35.5 Å². The number of rotatable bonds is 23. The second-order valence-corrected chi connectivity index (χ2v) is 15.4. The van der Waals surface area contributed by atoms with E-state index in [1.807, 2.05) is 32.9 Å². The molecule has 0 radical (unpaired) electrons. The van der Waals surface area contributed by atoms with Gasteiger partial charge in [-0.05, 0) is 82.0 Å². The average Bonchev–Trinajstić information content (AvgIpc) is 3.10. The van der Waals surface area contributed by atoms with Crippen LogP contribution < -0.4 is 14.8 Å². The summed E-state index contributed by atoms with van der Waals surface area (Å²) in [5, 5.41) is 2.53. The first-order valence-corrected chi connectivity index (χ1v) is 19.6. The largest absolute Gasteiger partial charge is 0.469 e. The van der Waals surface area contributed by atoms with Crippen molar-refractivity contribution in [3.8, 4) is 11.5 Å². The number of hydrogen-bond donors (Lipinski definition) is 2. The van der Waals surface area contributed by atoms with Gasteiger partial charge in [-0.2, -0.15) is 0 Å². The van der Waals surface area contributed by atoms with Gasteiger partial charge in [-0.3, -0.25) is 14.4 Å². The maximum Gasteiger partial charge on any atom is 0.307 e. The number of ether oxygens (including phenoxy) is 3. The number of nitrogens with zero attached hydrogens (tertiary/aromatic N) is 2. The highest BCUT2D eigenvalue weighted by Crippen LogP contribution is 2.25. The van der Waals surface area contributed by atoms with E-state index in [4.69, 9.17) is 9.47 Å². The number of hydrogen-bond acceptors (Lipinski definition) is 10. The molecule has 1 aromatic heterocycles. The predicted octanol–water partition coefficient (Wildman–Crippen LogP) is 7.93. The molecule has 3 rings (SSSR count). The van der Waals surface area contributed by atoms with Crippen molar-refractivity contribution in [2.24, 2.45) is 0 Å². The standard InChI is InChI=1S/C39H54N4O8S/c1-39(2,3)51-36(45)17-15-13-11-9-7-5-6-8-10-12-14-16-30-18-20-32(21-19-30)50-33-22-24-34(25-23-33)52(47,48)43-38-41-28-31(29-42-38)37(46)40-27-26-35(44)49-4/h18-25,28-29H,5-17,26-27H2,1-4H3,(H,40,46)(H,41,42,43). The molecule has 1 amide bonds. The predicted molar refractivity (Wildman–Crippen MR) is 200 cm³/mol. The molecule has 0 atom stereocenters. The summed E-state index contributed by atoms with van der Waals surface area (Å²) in [6.07, 6.45) is 17.0. The number of aromatic nitrogens is 2. The lowest BCUT2D eigenvalue weighted by Crippen LogP contribution is -2.26. The summed E-state index contributed by atoms with van der Waals surface area (Å²) >= 11 is 0. The van der Waals surface area contributed by atoms with Crippen LogP contribution >= 0.6 is 0 Å². The van der Waals surface area contributed by atoms with Crippen molar-refractivity contribution in [2.45, 2.75) is 121 Å². The molecule has 0 aliphatic carbocycles. The zero-order valence-corrected chi connectivity index (χ0v) is 31.8. The van der Waals surface area contributed by atoms with E-state index >= 15 is 0 Å². The second kappa shape index (κ2) is 21.8. The Kier molecular flexibility index (Phi) is 17.5. The van der Waals surface area contributed by atoms with Gasteiger partial charge in [-0.25, -0.2) is 23.1 Å². The van der Waals surface area contributed by atoms with Crippen LogP contribution in [0, 0.1) is 0 Å². The van der Waals surface area contributed by atoms with E-state index in [0.29, 0.717) is 17.9 Å². The van der Waals surface area contributed by atoms with Crippen LogP contribution in [0.4, 0.5) is 5.95 Å². The van der Waals surface area contributed by atoms with Crippen LogP contribution in [-0.4, -0.2) is 55.5 Å². The van der Waals surface area contributed by atoms with Crippen molar-refractivity contribution >= 4 is 33.8 Å². The number of carbonyl (C=O) groups is 3. The summed E-state index contributed by atoms with van der Waals surface area (Å²) in [6.45, 7) is 5.79. The fourth-order valence-electron chi connectivity index (χ4n) is 5.29. The zero-order chi connectivity index (χ0) is 37.8. The summed E-state index contributed by atoms with van der Waals surface area (Å²) in [5.74, 6) is -0.101. The van der Waals surface area contributed by atoms with Gasteiger partial charge in [0.1, 0.15) is 17.1 Å². The molecule has 0 saturated heterocycles. The molecule has 3 aromatic rings. The summed E-state index contributed by atoms with van der Waals surface area (Å²) in [5.41, 5.74) is 0.963. The van der Waals surface area contributed by atoms with Crippen LogP contribution in [0.2, 0.25) is 0 Å². The number of benzene rings is 2. The van der Waals surface area contributed by atoms with Crippen LogP contribution in [0.3, 0.4) is 0 Å². The molecule has 0 bridgehead atoms. The minimum atomic E-state index is -3.99. The van der Waals surface area contributed by atoms with E-state index in [9.17, 15) is 22.8 Å². The van der Waals surface area contributed by atoms with Crippen molar-refractivity contribution in [1.29, 1.82) is 0 Å². The van der Waals surface area contributed by atoms with Crippen molar-refractivity contribution in [1.82, 2.24) is 15.3 Å². The summed E-state index contributed by atoms with van der Waals surface area (Å²) in [4.78, 5) is 42.9. The lowest BCUT2D eigenvalue weighted by molar-refractivity contribution is -0.155. The molecular formula is C39H54N4O8S. The number of sulfonamides is 1. The minimum Gasteiger partial charge on any atom is -0.469 e. The van der Waals surface area contributed by atoms with Gasteiger partial charge in [0.25, 0.3) is 15.9 Å². The average molecular weight is 739 g/mol. The molecule has 0 aliphatic heterocycles. The van der Waals surface area contributed by atoms with Crippen molar-refractivity contribution < 1.29 is 37.0 Å². The lowest BCUT2D eigenvalue weighted by atomic mass is 10.0. The van der Waals surface area contributed by atoms with Crippen LogP contribution in [0.15, 0.2) is 65.8 Å². The van der Waals surface area contributed by atoms with Crippen molar-refractivity contribution in [3.63, 3.8) is 0 Å². The van der Waals surface area contributed by atoms with Gasteiger partial charge >= 0.3 is 11.9 Å². The molecule has 2 N–H and O–H groups in total. The van der Waals surface area contributed by atoms with Crippen LogP contribution in [0.25, 0.3) is 0 Å². The van der Waals surface area contributed by atoms with E-state index in [-0.39, 0.29) is 35.3 Å². The Balaban J connectivity index is 1.28. The monoisotopic (exact) mass is 738 g/mol. The second-order valence-electron chi connectivity index (χ2n) is 13.7. The fraction of sp³-hybridized carbons (Fsp3) is 0.513. The zero-order valence-electron chi connectivity index (χ0n) is 30.9. The van der Waals surface area contributed by atoms with Crippen LogP contribution in [0.1, 0.15) is 120 Å². The molecule has 0 saturated carbocycles. The third-order valence-corrected chi connectivity index (χ3v) is 9.39. The minimum absolute atomic E-state index is 0.00722. The van der Waals surface area contributed by atoms with Gasteiger partial charge in [0.15, 0.2) is 0 Å². The molecule has 12 nitrogen and oxygen atoms in total. The highest BCUT2D eigenvalue weighted by Gasteiger charge is 2.17. The molecule has 2 aromatic carbocycles. The third kappa shape index (κ3) is 16.7. The quantitative estimate of drug-likeness (QED) is 0.0722. The number of esters is 2. The van der Waals surface area contributed by atoms with E-state index < -0.39 is 27.5 Å². The Morgan fingerprint density at radius 1 is 0.692 bits per heavy atom. The number of amides is 1. The fourth-order valence-corrected chi connectivity index (χ4v) is 6.25. The Morgan fingerprint density at radius 2 is 1.21 bits per heavy atom. The first-order chi connectivity index (χ1) is 24.8. The first-order valence-electron chi connectivity index (χ1n) is 18.1. The highest BCUT2D eigenvalue weighted by atomic mass is 32.2. The molecule has 1 heterocycles. The number of aryl methyl sites for hydroxylation is 1. The van der Waals surface area contributed by atoms with Crippen molar-refractivity contribution in [2.75, 3.05) is 18.4 Å². The topological polar surface area (TPSA) is 163 Å².